The molecule has 0 radical (unpaired) electrons. The lowest BCUT2D eigenvalue weighted by Crippen LogP contribution is -2.16. The minimum absolute atomic E-state index is 0.0379. The van der Waals surface area contributed by atoms with Crippen molar-refractivity contribution in [1.82, 2.24) is 5.16 Å². The Morgan fingerprint density at radius 3 is 2.52 bits per heavy atom. The van der Waals surface area contributed by atoms with Crippen LogP contribution in [0, 0.1) is 19.7 Å². The molecule has 0 bridgehead atoms. The first-order valence-electron chi connectivity index (χ1n) is 5.76. The van der Waals surface area contributed by atoms with Crippen molar-refractivity contribution in [2.75, 3.05) is 5.32 Å². The molecule has 1 aromatic carbocycles. The summed E-state index contributed by atoms with van der Waals surface area (Å²) >= 11 is 0. The highest BCUT2D eigenvalue weighted by Crippen LogP contribution is 2.19. The lowest BCUT2D eigenvalue weighted by atomic mass is 10.2. The molecule has 0 aliphatic rings. The Bertz CT molecular complexity index is 794. The SMILES string of the molecule is Cc1noc(C)c1C(=O)Nc1cc(F)cc(S(N)(=O)=O)c1. The summed E-state index contributed by atoms with van der Waals surface area (Å²) in [4.78, 5) is 11.6. The van der Waals surface area contributed by atoms with Gasteiger partial charge in [-0.15, -0.1) is 0 Å². The molecule has 1 aromatic heterocycles. The highest BCUT2D eigenvalue weighted by Gasteiger charge is 2.19. The fourth-order valence-corrected chi connectivity index (χ4v) is 2.37. The van der Waals surface area contributed by atoms with Gasteiger partial charge in [0.05, 0.1) is 10.6 Å². The Kier molecular flexibility index (Phi) is 3.79. The van der Waals surface area contributed by atoms with Crippen LogP contribution in [0.1, 0.15) is 21.8 Å². The number of sulfonamides is 1. The molecule has 0 aliphatic carbocycles. The molecule has 9 heteroatoms. The number of primary sulfonamides is 1. The Balaban J connectivity index is 2.37. The summed E-state index contributed by atoms with van der Waals surface area (Å²) < 4.78 is 40.7. The monoisotopic (exact) mass is 313 g/mol. The predicted molar refractivity (Wildman–Crippen MR) is 71.7 cm³/mol. The third-order valence-corrected chi connectivity index (χ3v) is 3.61. The molecule has 0 saturated heterocycles. The topological polar surface area (TPSA) is 115 Å². The van der Waals surface area contributed by atoms with E-state index in [0.29, 0.717) is 11.5 Å². The van der Waals surface area contributed by atoms with Crippen LogP contribution in [-0.4, -0.2) is 19.5 Å². The zero-order valence-corrected chi connectivity index (χ0v) is 12.0. The zero-order chi connectivity index (χ0) is 15.8. The average molecular weight is 313 g/mol. The number of carbonyl (C=O) groups excluding carboxylic acids is 1. The predicted octanol–water partition coefficient (Wildman–Crippen LogP) is 1.33. The van der Waals surface area contributed by atoms with Gasteiger partial charge in [-0.3, -0.25) is 4.79 Å². The minimum atomic E-state index is -4.08. The third kappa shape index (κ3) is 3.26. The highest BCUT2D eigenvalue weighted by molar-refractivity contribution is 7.89. The van der Waals surface area contributed by atoms with E-state index < -0.39 is 26.6 Å². The van der Waals surface area contributed by atoms with Crippen LogP contribution in [-0.2, 0) is 10.0 Å². The van der Waals surface area contributed by atoms with Crippen molar-refractivity contribution in [2.45, 2.75) is 18.7 Å². The van der Waals surface area contributed by atoms with E-state index in [2.05, 4.69) is 10.5 Å². The maximum Gasteiger partial charge on any atom is 0.261 e. The molecule has 0 aliphatic heterocycles. The molecular formula is C12H12FN3O4S. The smallest absolute Gasteiger partial charge is 0.261 e. The van der Waals surface area contributed by atoms with Crippen molar-refractivity contribution >= 4 is 21.6 Å². The van der Waals surface area contributed by atoms with Crippen molar-refractivity contribution in [3.63, 3.8) is 0 Å². The lowest BCUT2D eigenvalue weighted by Gasteiger charge is -2.07. The van der Waals surface area contributed by atoms with Gasteiger partial charge in [-0.25, -0.2) is 17.9 Å². The molecule has 3 N–H and O–H groups in total. The molecule has 21 heavy (non-hydrogen) atoms. The Labute approximate surface area is 120 Å². The third-order valence-electron chi connectivity index (χ3n) is 2.72. The van der Waals surface area contributed by atoms with Gasteiger partial charge in [-0.1, -0.05) is 5.16 Å². The normalized spacial score (nSPS) is 11.4. The largest absolute Gasteiger partial charge is 0.361 e. The van der Waals surface area contributed by atoms with Crippen molar-refractivity contribution in [3.8, 4) is 0 Å². The van der Waals surface area contributed by atoms with Crippen molar-refractivity contribution in [2.24, 2.45) is 5.14 Å². The van der Waals surface area contributed by atoms with Crippen molar-refractivity contribution in [1.29, 1.82) is 0 Å². The molecule has 0 saturated carbocycles. The van der Waals surface area contributed by atoms with E-state index >= 15 is 0 Å². The number of carbonyl (C=O) groups is 1. The van der Waals surface area contributed by atoms with E-state index in [0.717, 1.165) is 18.2 Å². The van der Waals surface area contributed by atoms with E-state index in [4.69, 9.17) is 9.66 Å². The highest BCUT2D eigenvalue weighted by atomic mass is 32.2. The first-order chi connectivity index (χ1) is 9.68. The number of benzene rings is 1. The number of nitrogens with zero attached hydrogens (tertiary/aromatic N) is 1. The van der Waals surface area contributed by atoms with E-state index in [1.165, 1.54) is 0 Å². The van der Waals surface area contributed by atoms with E-state index in [1.54, 1.807) is 13.8 Å². The number of anilines is 1. The van der Waals surface area contributed by atoms with Crippen LogP contribution in [0.15, 0.2) is 27.6 Å². The van der Waals surface area contributed by atoms with Gasteiger partial charge in [0.15, 0.2) is 0 Å². The van der Waals surface area contributed by atoms with Crippen LogP contribution >= 0.6 is 0 Å². The number of hydrogen-bond acceptors (Lipinski definition) is 5. The van der Waals surface area contributed by atoms with Crippen LogP contribution < -0.4 is 10.5 Å². The molecule has 7 nitrogen and oxygen atoms in total. The Hall–Kier alpha value is -2.26. The summed E-state index contributed by atoms with van der Waals surface area (Å²) in [5.74, 6) is -1.12. The second-order valence-electron chi connectivity index (χ2n) is 4.37. The number of rotatable bonds is 3. The summed E-state index contributed by atoms with van der Waals surface area (Å²) in [6.45, 7) is 3.13. The molecule has 2 aromatic rings. The number of halogens is 1. The molecule has 0 spiro atoms. The fourth-order valence-electron chi connectivity index (χ4n) is 1.80. The molecule has 0 unspecified atom stereocenters. The van der Waals surface area contributed by atoms with Gasteiger partial charge in [-0.2, -0.15) is 0 Å². The average Bonchev–Trinajstić information content (AvgIpc) is 2.67. The standard InChI is InChI=1S/C12H12FN3O4S/c1-6-11(7(2)20-16-6)12(17)15-9-3-8(13)4-10(5-9)21(14,18)19/h3-5H,1-2H3,(H,15,17)(H2,14,18,19). The van der Waals surface area contributed by atoms with Gasteiger partial charge in [0, 0.05) is 5.69 Å². The molecule has 112 valence electrons. The number of amides is 1. The second-order valence-corrected chi connectivity index (χ2v) is 5.94. The van der Waals surface area contributed by atoms with Crippen LogP contribution in [0.2, 0.25) is 0 Å². The van der Waals surface area contributed by atoms with Gasteiger partial charge in [0.2, 0.25) is 10.0 Å². The second kappa shape index (κ2) is 5.26. The number of hydrogen-bond donors (Lipinski definition) is 2. The molecule has 1 amide bonds. The number of aryl methyl sites for hydroxylation is 2. The van der Waals surface area contributed by atoms with Gasteiger partial charge < -0.3 is 9.84 Å². The van der Waals surface area contributed by atoms with Gasteiger partial charge >= 0.3 is 0 Å². The summed E-state index contributed by atoms with van der Waals surface area (Å²) in [5, 5.41) is 10.9. The lowest BCUT2D eigenvalue weighted by molar-refractivity contribution is 0.102. The minimum Gasteiger partial charge on any atom is -0.361 e. The van der Waals surface area contributed by atoms with Gasteiger partial charge in [0.25, 0.3) is 5.91 Å². The maximum atomic E-state index is 13.4. The summed E-state index contributed by atoms with van der Waals surface area (Å²) in [6.07, 6.45) is 0. The van der Waals surface area contributed by atoms with E-state index in [-0.39, 0.29) is 11.3 Å². The fraction of sp³-hybridized carbons (Fsp3) is 0.167. The Morgan fingerprint density at radius 1 is 1.33 bits per heavy atom. The van der Waals surface area contributed by atoms with Gasteiger partial charge in [0.1, 0.15) is 17.1 Å². The molecule has 1 heterocycles. The first kappa shape index (κ1) is 15.1. The van der Waals surface area contributed by atoms with E-state index in [9.17, 15) is 17.6 Å². The van der Waals surface area contributed by atoms with Crippen molar-refractivity contribution < 1.29 is 22.1 Å². The van der Waals surface area contributed by atoms with Crippen LogP contribution in [0.3, 0.4) is 0 Å². The maximum absolute atomic E-state index is 13.4. The van der Waals surface area contributed by atoms with Crippen LogP contribution in [0.25, 0.3) is 0 Å². The molecule has 0 atom stereocenters. The van der Waals surface area contributed by atoms with Crippen LogP contribution in [0.4, 0.5) is 10.1 Å². The zero-order valence-electron chi connectivity index (χ0n) is 11.2. The van der Waals surface area contributed by atoms with E-state index in [1.807, 2.05) is 0 Å². The number of aromatic nitrogens is 1. The van der Waals surface area contributed by atoms with Gasteiger partial charge in [-0.05, 0) is 32.0 Å². The molecular weight excluding hydrogens is 301 g/mol. The first-order valence-corrected chi connectivity index (χ1v) is 7.30. The van der Waals surface area contributed by atoms with Crippen LogP contribution in [0.5, 0.6) is 0 Å². The summed E-state index contributed by atoms with van der Waals surface area (Å²) in [6, 6.07) is 2.81. The molecule has 0 fully saturated rings. The number of nitrogens with one attached hydrogen (secondary N) is 1. The molecule has 2 rings (SSSR count). The Morgan fingerprint density at radius 2 is 2.00 bits per heavy atom. The quantitative estimate of drug-likeness (QED) is 0.887. The van der Waals surface area contributed by atoms with Crippen molar-refractivity contribution in [3.05, 3.63) is 41.0 Å². The number of nitrogens with two attached hydrogens (primary N) is 1. The summed E-state index contributed by atoms with van der Waals surface area (Å²) in [7, 11) is -4.08. The summed E-state index contributed by atoms with van der Waals surface area (Å²) in [5.41, 5.74) is 0.536.